The molecule has 0 saturated heterocycles. The minimum Gasteiger partial charge on any atom is -0.352 e. The van der Waals surface area contributed by atoms with Gasteiger partial charge in [-0.3, -0.25) is 13.9 Å². The van der Waals surface area contributed by atoms with Crippen LogP contribution in [0.1, 0.15) is 31.9 Å². The first-order valence-electron chi connectivity index (χ1n) is 12.2. The summed E-state index contributed by atoms with van der Waals surface area (Å²) in [5.41, 5.74) is 1.70. The molecule has 0 heterocycles. The van der Waals surface area contributed by atoms with Crippen molar-refractivity contribution < 1.29 is 18.0 Å². The maximum Gasteiger partial charge on any atom is 0.264 e. The predicted molar refractivity (Wildman–Crippen MR) is 160 cm³/mol. The van der Waals surface area contributed by atoms with Gasteiger partial charge in [-0.25, -0.2) is 8.42 Å². The van der Waals surface area contributed by atoms with Crippen molar-refractivity contribution in [1.82, 2.24) is 10.2 Å². The number of amides is 2. The Morgan fingerprint density at radius 2 is 1.56 bits per heavy atom. The average molecular weight is 655 g/mol. The Bertz CT molecular complexity index is 1430. The number of hydrogen-bond acceptors (Lipinski definition) is 4. The summed E-state index contributed by atoms with van der Waals surface area (Å²) in [7, 11) is -4.25. The van der Waals surface area contributed by atoms with E-state index >= 15 is 0 Å². The fraction of sp³-hybridized carbons (Fsp3) is 0.286. The van der Waals surface area contributed by atoms with Gasteiger partial charge in [0, 0.05) is 22.1 Å². The summed E-state index contributed by atoms with van der Waals surface area (Å²) in [4.78, 5) is 28.2. The molecule has 3 aromatic carbocycles. The molecule has 0 unspecified atom stereocenters. The van der Waals surface area contributed by atoms with Gasteiger partial charge in [0.05, 0.1) is 15.6 Å². The van der Waals surface area contributed by atoms with Gasteiger partial charge in [-0.1, -0.05) is 69.0 Å². The van der Waals surface area contributed by atoms with Gasteiger partial charge < -0.3 is 10.2 Å². The molecular formula is C28H30BrCl2N3O4S. The fourth-order valence-electron chi connectivity index (χ4n) is 3.80. The third-order valence-corrected chi connectivity index (χ3v) is 8.79. The van der Waals surface area contributed by atoms with E-state index in [0.717, 1.165) is 19.9 Å². The van der Waals surface area contributed by atoms with Crippen LogP contribution in [0.15, 0.2) is 76.1 Å². The van der Waals surface area contributed by atoms with Crippen LogP contribution >= 0.6 is 39.1 Å². The molecule has 0 aliphatic rings. The number of hydrogen-bond donors (Lipinski definition) is 1. The topological polar surface area (TPSA) is 86.8 Å². The van der Waals surface area contributed by atoms with Gasteiger partial charge >= 0.3 is 0 Å². The number of carbonyl (C=O) groups excluding carboxylic acids is 2. The van der Waals surface area contributed by atoms with Gasteiger partial charge in [0.2, 0.25) is 11.8 Å². The second-order valence-electron chi connectivity index (χ2n) is 9.41. The smallest absolute Gasteiger partial charge is 0.264 e. The van der Waals surface area contributed by atoms with Gasteiger partial charge in [0.15, 0.2) is 0 Å². The summed E-state index contributed by atoms with van der Waals surface area (Å²) >= 11 is 16.0. The third kappa shape index (κ3) is 7.97. The van der Waals surface area contributed by atoms with E-state index < -0.39 is 28.5 Å². The van der Waals surface area contributed by atoms with Crippen LogP contribution < -0.4 is 9.62 Å². The van der Waals surface area contributed by atoms with E-state index in [1.807, 2.05) is 45.0 Å². The number of anilines is 1. The molecule has 1 N–H and O–H groups in total. The van der Waals surface area contributed by atoms with Crippen LogP contribution in [0.5, 0.6) is 0 Å². The van der Waals surface area contributed by atoms with E-state index in [2.05, 4.69) is 21.2 Å². The fourth-order valence-corrected chi connectivity index (χ4v) is 5.93. The van der Waals surface area contributed by atoms with Crippen molar-refractivity contribution >= 4 is 66.7 Å². The van der Waals surface area contributed by atoms with Gasteiger partial charge in [0.1, 0.15) is 12.6 Å². The molecule has 0 spiro atoms. The highest BCUT2D eigenvalue weighted by Gasteiger charge is 2.33. The molecular weight excluding hydrogens is 625 g/mol. The van der Waals surface area contributed by atoms with Gasteiger partial charge in [0.25, 0.3) is 10.0 Å². The zero-order chi connectivity index (χ0) is 28.9. The van der Waals surface area contributed by atoms with E-state index in [0.29, 0.717) is 0 Å². The van der Waals surface area contributed by atoms with Gasteiger partial charge in [-0.15, -0.1) is 0 Å². The standard InChI is InChI=1S/C28H30BrCl2N3O4S/c1-18(2)32-28(36)20(4)33(16-21-7-9-22(29)10-8-21)27(35)17-34(26-15-23(30)11-14-25(26)31)39(37,38)24-12-5-19(3)6-13-24/h5-15,18,20H,16-17H2,1-4H3,(H,32,36)/t20-/m1/s1. The second kappa shape index (κ2) is 13.2. The molecule has 0 radical (unpaired) electrons. The van der Waals surface area contributed by atoms with E-state index in [1.165, 1.54) is 35.2 Å². The lowest BCUT2D eigenvalue weighted by molar-refractivity contribution is -0.139. The van der Waals surface area contributed by atoms with E-state index in [-0.39, 0.29) is 39.1 Å². The Hall–Kier alpha value is -2.59. The molecule has 11 heteroatoms. The molecule has 3 rings (SSSR count). The van der Waals surface area contributed by atoms with Crippen molar-refractivity contribution in [2.75, 3.05) is 10.8 Å². The SMILES string of the molecule is Cc1ccc(S(=O)(=O)N(CC(=O)N(Cc2ccc(Br)cc2)[C@H](C)C(=O)NC(C)C)c2cc(Cl)ccc2Cl)cc1. The third-order valence-electron chi connectivity index (χ3n) is 5.93. The molecule has 0 aliphatic heterocycles. The van der Waals surface area contributed by atoms with Crippen molar-refractivity contribution in [2.45, 2.75) is 51.2 Å². The van der Waals surface area contributed by atoms with Crippen molar-refractivity contribution in [3.63, 3.8) is 0 Å². The van der Waals surface area contributed by atoms with Crippen LogP contribution in [-0.2, 0) is 26.2 Å². The lowest BCUT2D eigenvalue weighted by Gasteiger charge is -2.32. The Morgan fingerprint density at radius 1 is 0.949 bits per heavy atom. The highest BCUT2D eigenvalue weighted by atomic mass is 79.9. The molecule has 0 fully saturated rings. The molecule has 208 valence electrons. The van der Waals surface area contributed by atoms with Gasteiger partial charge in [-0.05, 0) is 75.7 Å². The molecule has 0 aromatic heterocycles. The Morgan fingerprint density at radius 3 is 2.15 bits per heavy atom. The van der Waals surface area contributed by atoms with Crippen LogP contribution in [0.3, 0.4) is 0 Å². The number of carbonyl (C=O) groups is 2. The predicted octanol–water partition coefficient (Wildman–Crippen LogP) is 6.20. The normalized spacial score (nSPS) is 12.2. The Kier molecular flexibility index (Phi) is 10.5. The lowest BCUT2D eigenvalue weighted by Crippen LogP contribution is -2.52. The first-order valence-corrected chi connectivity index (χ1v) is 15.2. The molecule has 0 saturated carbocycles. The molecule has 3 aromatic rings. The number of benzene rings is 3. The average Bonchev–Trinajstić information content (AvgIpc) is 2.87. The number of rotatable bonds is 10. The molecule has 7 nitrogen and oxygen atoms in total. The Balaban J connectivity index is 2.07. The van der Waals surface area contributed by atoms with Crippen LogP contribution in [0, 0.1) is 6.92 Å². The number of nitrogens with one attached hydrogen (secondary N) is 1. The van der Waals surface area contributed by atoms with Crippen molar-refractivity contribution in [3.8, 4) is 0 Å². The van der Waals surface area contributed by atoms with Crippen LogP contribution in [-0.4, -0.2) is 43.8 Å². The monoisotopic (exact) mass is 653 g/mol. The summed E-state index contributed by atoms with van der Waals surface area (Å²) in [5.74, 6) is -0.944. The van der Waals surface area contributed by atoms with E-state index in [1.54, 1.807) is 19.1 Å². The van der Waals surface area contributed by atoms with E-state index in [9.17, 15) is 18.0 Å². The molecule has 39 heavy (non-hydrogen) atoms. The first kappa shape index (κ1) is 30.9. The largest absolute Gasteiger partial charge is 0.352 e. The number of nitrogens with zero attached hydrogens (tertiary/aromatic N) is 2. The van der Waals surface area contributed by atoms with Crippen LogP contribution in [0.2, 0.25) is 10.0 Å². The van der Waals surface area contributed by atoms with Gasteiger partial charge in [-0.2, -0.15) is 0 Å². The summed E-state index contributed by atoms with van der Waals surface area (Å²) in [5, 5.41) is 3.18. The van der Waals surface area contributed by atoms with E-state index in [4.69, 9.17) is 23.2 Å². The summed E-state index contributed by atoms with van der Waals surface area (Å²) < 4.78 is 29.6. The number of halogens is 3. The molecule has 2 amide bonds. The highest BCUT2D eigenvalue weighted by Crippen LogP contribution is 2.33. The van der Waals surface area contributed by atoms with Crippen molar-refractivity contribution in [3.05, 3.63) is 92.4 Å². The summed E-state index contributed by atoms with van der Waals surface area (Å²) in [6.45, 7) is 6.58. The Labute approximate surface area is 248 Å². The molecule has 0 aliphatic carbocycles. The maximum atomic E-state index is 13.9. The number of sulfonamides is 1. The quantitative estimate of drug-likeness (QED) is 0.282. The minimum absolute atomic E-state index is 0.0120. The molecule has 0 bridgehead atoms. The number of aryl methyl sites for hydroxylation is 1. The molecule has 1 atom stereocenters. The maximum absolute atomic E-state index is 13.9. The van der Waals surface area contributed by atoms with Crippen molar-refractivity contribution in [1.29, 1.82) is 0 Å². The summed E-state index contributed by atoms with van der Waals surface area (Å²) in [6.07, 6.45) is 0. The summed E-state index contributed by atoms with van der Waals surface area (Å²) in [6, 6.07) is 17.0. The lowest BCUT2D eigenvalue weighted by atomic mass is 10.1. The van der Waals surface area contributed by atoms with Crippen molar-refractivity contribution in [2.24, 2.45) is 0 Å². The zero-order valence-electron chi connectivity index (χ0n) is 22.0. The highest BCUT2D eigenvalue weighted by molar-refractivity contribution is 9.10. The first-order chi connectivity index (χ1) is 18.3. The van der Waals surface area contributed by atoms with Crippen LogP contribution in [0.4, 0.5) is 5.69 Å². The van der Waals surface area contributed by atoms with Crippen LogP contribution in [0.25, 0.3) is 0 Å². The second-order valence-corrected chi connectivity index (χ2v) is 13.0. The minimum atomic E-state index is -4.25. The zero-order valence-corrected chi connectivity index (χ0v) is 25.9.